The van der Waals surface area contributed by atoms with Crippen molar-refractivity contribution in [1.82, 2.24) is 24.8 Å². The average Bonchev–Trinajstić information content (AvgIpc) is 3.46. The second-order valence-corrected chi connectivity index (χ2v) is 12.7. The van der Waals surface area contributed by atoms with Crippen LogP contribution in [0.15, 0.2) is 30.6 Å². The van der Waals surface area contributed by atoms with Gasteiger partial charge in [0, 0.05) is 45.2 Å². The lowest BCUT2D eigenvalue weighted by molar-refractivity contribution is 0.0240. The number of methoxy groups -OCH3 is 1. The van der Waals surface area contributed by atoms with Crippen molar-refractivity contribution in [3.8, 4) is 16.6 Å². The van der Waals surface area contributed by atoms with E-state index in [1.807, 2.05) is 63.2 Å². The lowest BCUT2D eigenvalue weighted by Gasteiger charge is -2.36. The van der Waals surface area contributed by atoms with Crippen LogP contribution in [0.1, 0.15) is 58.6 Å². The van der Waals surface area contributed by atoms with Crippen LogP contribution in [0.2, 0.25) is 0 Å². The van der Waals surface area contributed by atoms with Gasteiger partial charge in [0.2, 0.25) is 0 Å². The molecule has 2 fully saturated rings. The second-order valence-electron chi connectivity index (χ2n) is 11.7. The summed E-state index contributed by atoms with van der Waals surface area (Å²) in [6.07, 6.45) is 9.36. The van der Waals surface area contributed by atoms with Crippen molar-refractivity contribution in [3.63, 3.8) is 0 Å². The minimum atomic E-state index is -0.500. The highest BCUT2D eigenvalue weighted by Crippen LogP contribution is 2.35. The number of rotatable bonds is 8. The van der Waals surface area contributed by atoms with Crippen molar-refractivity contribution >= 4 is 34.1 Å². The zero-order valence-electron chi connectivity index (χ0n) is 25.2. The molecule has 0 unspecified atom stereocenters. The standard InChI is InChI=1S/C30H41N7O4S/c1-21-17-24(34-27(33-21)40-23-9-7-6-8-10-23)25-19-32-28(42-25)37(20-39-5)26-12-11-22(18-31-26)35-13-15-36(16-14-35)29(38)41-30(2,3)4/h11-12,17-19,23H,6-10,13-16,20H2,1-5H3. The fourth-order valence-corrected chi connectivity index (χ4v) is 5.98. The molecule has 226 valence electrons. The van der Waals surface area contributed by atoms with Gasteiger partial charge in [0.25, 0.3) is 0 Å². The van der Waals surface area contributed by atoms with Crippen molar-refractivity contribution < 1.29 is 19.0 Å². The summed E-state index contributed by atoms with van der Waals surface area (Å²) in [5.41, 5.74) is 2.16. The lowest BCUT2D eigenvalue weighted by Crippen LogP contribution is -2.50. The third-order valence-electron chi connectivity index (χ3n) is 7.20. The topological polar surface area (TPSA) is 106 Å². The fraction of sp³-hybridized carbons (Fsp3) is 0.567. The number of ether oxygens (including phenoxy) is 3. The smallest absolute Gasteiger partial charge is 0.410 e. The molecule has 4 heterocycles. The highest BCUT2D eigenvalue weighted by molar-refractivity contribution is 7.18. The Hall–Kier alpha value is -3.51. The van der Waals surface area contributed by atoms with E-state index in [9.17, 15) is 4.79 Å². The molecular weight excluding hydrogens is 554 g/mol. The Morgan fingerprint density at radius 3 is 2.48 bits per heavy atom. The maximum absolute atomic E-state index is 12.4. The molecule has 0 aromatic carbocycles. The number of pyridine rings is 1. The van der Waals surface area contributed by atoms with E-state index < -0.39 is 5.60 Å². The first kappa shape index (κ1) is 30.0. The molecule has 5 rings (SSSR count). The van der Waals surface area contributed by atoms with E-state index in [2.05, 4.69) is 14.9 Å². The van der Waals surface area contributed by atoms with Crippen molar-refractivity contribution in [2.45, 2.75) is 71.5 Å². The van der Waals surface area contributed by atoms with Gasteiger partial charge < -0.3 is 24.0 Å². The van der Waals surface area contributed by atoms with Crippen molar-refractivity contribution in [2.75, 3.05) is 49.8 Å². The predicted molar refractivity (Wildman–Crippen MR) is 164 cm³/mol. The summed E-state index contributed by atoms with van der Waals surface area (Å²) in [6.45, 7) is 10.5. The molecule has 11 nitrogen and oxygen atoms in total. The maximum atomic E-state index is 12.4. The maximum Gasteiger partial charge on any atom is 0.410 e. The number of nitrogens with zero attached hydrogens (tertiary/aromatic N) is 7. The molecule has 1 aliphatic heterocycles. The largest absolute Gasteiger partial charge is 0.460 e. The number of aromatic nitrogens is 4. The number of amides is 1. The number of piperazine rings is 1. The molecule has 12 heteroatoms. The summed E-state index contributed by atoms with van der Waals surface area (Å²) in [7, 11) is 1.66. The molecule has 3 aromatic heterocycles. The molecule has 42 heavy (non-hydrogen) atoms. The molecule has 0 atom stereocenters. The average molecular weight is 596 g/mol. The zero-order valence-corrected chi connectivity index (χ0v) is 26.0. The Labute approximate surface area is 251 Å². The van der Waals surface area contributed by atoms with Crippen molar-refractivity contribution in [2.24, 2.45) is 0 Å². The quantitative estimate of drug-likeness (QED) is 0.296. The molecule has 1 saturated carbocycles. The SMILES string of the molecule is COCN(c1ccc(N2CCN(C(=O)OC(C)(C)C)CC2)cn1)c1ncc(-c2cc(C)nc(OC3CCCCC3)n2)s1. The molecule has 0 bridgehead atoms. The van der Waals surface area contributed by atoms with Crippen molar-refractivity contribution in [3.05, 3.63) is 36.3 Å². The van der Waals surface area contributed by atoms with Crippen LogP contribution in [0.25, 0.3) is 10.6 Å². The highest BCUT2D eigenvalue weighted by atomic mass is 32.1. The van der Waals surface area contributed by atoms with Gasteiger partial charge >= 0.3 is 12.1 Å². The zero-order chi connectivity index (χ0) is 29.7. The van der Waals surface area contributed by atoms with E-state index in [-0.39, 0.29) is 12.2 Å². The Balaban J connectivity index is 1.25. The van der Waals surface area contributed by atoms with Crippen LogP contribution in [0.4, 0.5) is 21.4 Å². The van der Waals surface area contributed by atoms with Crippen LogP contribution in [0.5, 0.6) is 6.01 Å². The monoisotopic (exact) mass is 595 g/mol. The minimum Gasteiger partial charge on any atom is -0.460 e. The van der Waals surface area contributed by atoms with Gasteiger partial charge in [0.1, 0.15) is 24.3 Å². The molecule has 0 spiro atoms. The summed E-state index contributed by atoms with van der Waals surface area (Å²) in [4.78, 5) is 37.9. The number of thiazole rings is 1. The van der Waals surface area contributed by atoms with Gasteiger partial charge in [0.05, 0.1) is 22.5 Å². The van der Waals surface area contributed by atoms with Gasteiger partial charge in [0.15, 0.2) is 5.13 Å². The number of hydrogen-bond acceptors (Lipinski definition) is 11. The third kappa shape index (κ3) is 7.65. The van der Waals surface area contributed by atoms with Crippen LogP contribution >= 0.6 is 11.3 Å². The normalized spacial score (nSPS) is 16.4. The summed E-state index contributed by atoms with van der Waals surface area (Å²) < 4.78 is 17.2. The molecular formula is C30H41N7O4S. The number of anilines is 3. The van der Waals surface area contributed by atoms with Crippen LogP contribution < -0.4 is 14.5 Å². The molecule has 0 radical (unpaired) electrons. The van der Waals surface area contributed by atoms with Crippen LogP contribution in [0, 0.1) is 6.92 Å². The molecule has 1 saturated heterocycles. The van der Waals surface area contributed by atoms with Crippen LogP contribution in [-0.4, -0.2) is 82.7 Å². The Bertz CT molecular complexity index is 1330. The van der Waals surface area contributed by atoms with Crippen molar-refractivity contribution in [1.29, 1.82) is 0 Å². The number of carbonyl (C=O) groups excluding carboxylic acids is 1. The van der Waals surface area contributed by atoms with E-state index >= 15 is 0 Å². The van der Waals surface area contributed by atoms with Crippen LogP contribution in [0.3, 0.4) is 0 Å². The Morgan fingerprint density at radius 2 is 1.81 bits per heavy atom. The number of carbonyl (C=O) groups is 1. The van der Waals surface area contributed by atoms with Gasteiger partial charge in [-0.15, -0.1) is 0 Å². The molecule has 3 aromatic rings. The third-order valence-corrected chi connectivity index (χ3v) is 8.24. The van der Waals surface area contributed by atoms with Crippen LogP contribution in [-0.2, 0) is 9.47 Å². The predicted octanol–water partition coefficient (Wildman–Crippen LogP) is 5.81. The van der Waals surface area contributed by atoms with E-state index in [4.69, 9.17) is 24.2 Å². The van der Waals surface area contributed by atoms with Gasteiger partial charge in [-0.2, -0.15) is 4.98 Å². The second kappa shape index (κ2) is 13.2. The summed E-state index contributed by atoms with van der Waals surface area (Å²) in [5.74, 6) is 0.731. The summed E-state index contributed by atoms with van der Waals surface area (Å²) >= 11 is 1.52. The van der Waals surface area contributed by atoms with E-state index in [0.29, 0.717) is 38.9 Å². The molecule has 0 N–H and O–H groups in total. The van der Waals surface area contributed by atoms with Gasteiger partial charge in [-0.1, -0.05) is 17.8 Å². The number of aryl methyl sites for hydroxylation is 1. The molecule has 1 aliphatic carbocycles. The first-order valence-corrected chi connectivity index (χ1v) is 15.4. The summed E-state index contributed by atoms with van der Waals surface area (Å²) in [5, 5.41) is 0.754. The van der Waals surface area contributed by atoms with E-state index in [1.165, 1.54) is 30.6 Å². The Morgan fingerprint density at radius 1 is 1.05 bits per heavy atom. The highest BCUT2D eigenvalue weighted by Gasteiger charge is 2.26. The van der Waals surface area contributed by atoms with Gasteiger partial charge in [-0.05, 0) is 71.6 Å². The first-order chi connectivity index (χ1) is 20.2. The van der Waals surface area contributed by atoms with E-state index in [1.54, 1.807) is 12.0 Å². The Kier molecular flexibility index (Phi) is 9.42. The lowest BCUT2D eigenvalue weighted by atomic mass is 9.98. The van der Waals surface area contributed by atoms with Gasteiger partial charge in [-0.3, -0.25) is 4.90 Å². The summed E-state index contributed by atoms with van der Waals surface area (Å²) in [6, 6.07) is 6.41. The molecule has 2 aliphatic rings. The molecule has 1 amide bonds. The first-order valence-electron chi connectivity index (χ1n) is 14.6. The number of hydrogen-bond donors (Lipinski definition) is 0. The minimum absolute atomic E-state index is 0.186. The van der Waals surface area contributed by atoms with Gasteiger partial charge in [-0.25, -0.2) is 19.7 Å². The van der Waals surface area contributed by atoms with E-state index in [0.717, 1.165) is 45.7 Å². The fourth-order valence-electron chi connectivity index (χ4n) is 5.11.